The highest BCUT2D eigenvalue weighted by atomic mass is 35.5. The molecule has 0 saturated heterocycles. The standard InChI is InChI=1S/C22H24Cl2O4/c1-14(9-10-22(27)15(2)12-16(25)13-21(22,3)4)11-19(26)28-18-8-6-5-7-17(18)20(23)24/h5-12,20,27H,13H2,1-4H3/b10-9+,14-11+. The molecule has 0 fully saturated rings. The van der Waals surface area contributed by atoms with Gasteiger partial charge in [0.05, 0.1) is 0 Å². The van der Waals surface area contributed by atoms with E-state index in [1.165, 1.54) is 12.2 Å². The first-order valence-electron chi connectivity index (χ1n) is 8.87. The molecule has 1 unspecified atom stereocenters. The lowest BCUT2D eigenvalue weighted by Crippen LogP contribution is -2.48. The second-order valence-electron chi connectivity index (χ2n) is 7.60. The molecule has 0 bridgehead atoms. The third-order valence-electron chi connectivity index (χ3n) is 4.92. The summed E-state index contributed by atoms with van der Waals surface area (Å²) in [7, 11) is 0. The number of aliphatic hydroxyl groups is 1. The van der Waals surface area contributed by atoms with Crippen molar-refractivity contribution < 1.29 is 19.4 Å². The Kier molecular flexibility index (Phi) is 6.92. The molecule has 0 aromatic heterocycles. The molecule has 28 heavy (non-hydrogen) atoms. The molecule has 0 radical (unpaired) electrons. The summed E-state index contributed by atoms with van der Waals surface area (Å²) < 4.78 is 5.33. The number of allylic oxidation sites excluding steroid dienone is 3. The van der Waals surface area contributed by atoms with Gasteiger partial charge in [0, 0.05) is 23.5 Å². The number of halogens is 2. The van der Waals surface area contributed by atoms with E-state index in [-0.39, 0.29) is 12.2 Å². The number of ether oxygens (including phenoxy) is 1. The van der Waals surface area contributed by atoms with Gasteiger partial charge in [-0.3, -0.25) is 4.79 Å². The van der Waals surface area contributed by atoms with E-state index in [4.69, 9.17) is 27.9 Å². The van der Waals surface area contributed by atoms with Crippen molar-refractivity contribution in [3.8, 4) is 5.75 Å². The minimum Gasteiger partial charge on any atom is -0.423 e. The Balaban J connectivity index is 2.19. The van der Waals surface area contributed by atoms with Crippen molar-refractivity contribution in [2.24, 2.45) is 5.41 Å². The Bertz CT molecular complexity index is 865. The summed E-state index contributed by atoms with van der Waals surface area (Å²) in [6.07, 6.45) is 6.29. The third kappa shape index (κ3) is 4.93. The average Bonchev–Trinajstić information content (AvgIpc) is 2.57. The Morgan fingerprint density at radius 3 is 2.54 bits per heavy atom. The van der Waals surface area contributed by atoms with Gasteiger partial charge < -0.3 is 9.84 Å². The smallest absolute Gasteiger partial charge is 0.336 e. The van der Waals surface area contributed by atoms with Crippen LogP contribution in [0.25, 0.3) is 0 Å². The lowest BCUT2D eigenvalue weighted by atomic mass is 9.64. The Labute approximate surface area is 175 Å². The van der Waals surface area contributed by atoms with Crippen LogP contribution in [0.15, 0.2) is 59.7 Å². The number of hydrogen-bond acceptors (Lipinski definition) is 4. The van der Waals surface area contributed by atoms with E-state index in [0.29, 0.717) is 22.5 Å². The molecular weight excluding hydrogens is 399 g/mol. The van der Waals surface area contributed by atoms with Crippen molar-refractivity contribution in [2.75, 3.05) is 0 Å². The summed E-state index contributed by atoms with van der Waals surface area (Å²) in [6.45, 7) is 7.12. The third-order valence-corrected chi connectivity index (χ3v) is 5.39. The number of hydrogen-bond donors (Lipinski definition) is 1. The number of benzene rings is 1. The van der Waals surface area contributed by atoms with Crippen molar-refractivity contribution in [1.82, 2.24) is 0 Å². The fourth-order valence-electron chi connectivity index (χ4n) is 3.24. The molecule has 1 atom stereocenters. The van der Waals surface area contributed by atoms with Crippen LogP contribution in [0, 0.1) is 5.41 Å². The summed E-state index contributed by atoms with van der Waals surface area (Å²) in [5.74, 6) is -0.298. The topological polar surface area (TPSA) is 63.6 Å². The quantitative estimate of drug-likeness (QED) is 0.231. The molecular formula is C22H24Cl2O4. The van der Waals surface area contributed by atoms with Gasteiger partial charge in [0.1, 0.15) is 16.2 Å². The molecule has 6 heteroatoms. The molecule has 1 aromatic carbocycles. The lowest BCUT2D eigenvalue weighted by Gasteiger charge is -2.44. The molecule has 1 aromatic rings. The van der Waals surface area contributed by atoms with Crippen LogP contribution < -0.4 is 4.74 Å². The van der Waals surface area contributed by atoms with Gasteiger partial charge in [-0.05, 0) is 43.2 Å². The zero-order chi connectivity index (χ0) is 21.1. The molecule has 4 nitrogen and oxygen atoms in total. The molecule has 1 aliphatic carbocycles. The monoisotopic (exact) mass is 422 g/mol. The summed E-state index contributed by atoms with van der Waals surface area (Å²) >= 11 is 11.8. The van der Waals surface area contributed by atoms with E-state index in [1.54, 1.807) is 50.3 Å². The van der Waals surface area contributed by atoms with E-state index in [1.807, 2.05) is 13.8 Å². The minimum atomic E-state index is -1.28. The van der Waals surface area contributed by atoms with Crippen LogP contribution in [-0.4, -0.2) is 22.5 Å². The average molecular weight is 423 g/mol. The van der Waals surface area contributed by atoms with Crippen molar-refractivity contribution >= 4 is 35.0 Å². The SMILES string of the molecule is CC1=CC(=O)CC(C)(C)C1(O)/C=C/C(C)=C/C(=O)Oc1ccccc1C(Cl)Cl. The van der Waals surface area contributed by atoms with Gasteiger partial charge in [0.15, 0.2) is 5.78 Å². The van der Waals surface area contributed by atoms with E-state index < -0.39 is 21.8 Å². The fraction of sp³-hybridized carbons (Fsp3) is 0.364. The first-order valence-corrected chi connectivity index (χ1v) is 9.74. The van der Waals surface area contributed by atoms with Crippen LogP contribution in [-0.2, 0) is 9.59 Å². The molecule has 0 saturated carbocycles. The lowest BCUT2D eigenvalue weighted by molar-refractivity contribution is -0.129. The number of alkyl halides is 2. The number of carbonyl (C=O) groups is 2. The van der Waals surface area contributed by atoms with Crippen LogP contribution in [0.3, 0.4) is 0 Å². The van der Waals surface area contributed by atoms with Gasteiger partial charge in [-0.2, -0.15) is 0 Å². The fourth-order valence-corrected chi connectivity index (χ4v) is 3.60. The van der Waals surface area contributed by atoms with Crippen LogP contribution in [0.4, 0.5) is 0 Å². The summed E-state index contributed by atoms with van der Waals surface area (Å²) in [5.41, 5.74) is -0.273. The van der Waals surface area contributed by atoms with Gasteiger partial charge in [-0.25, -0.2) is 4.79 Å². The van der Waals surface area contributed by atoms with Gasteiger partial charge >= 0.3 is 5.97 Å². The predicted octanol–water partition coefficient (Wildman–Crippen LogP) is 5.25. The Hall–Kier alpha value is -1.88. The van der Waals surface area contributed by atoms with Crippen LogP contribution >= 0.6 is 23.2 Å². The number of carbonyl (C=O) groups excluding carboxylic acids is 2. The number of rotatable bonds is 5. The number of ketones is 1. The van der Waals surface area contributed by atoms with Crippen molar-refractivity contribution in [1.29, 1.82) is 0 Å². The molecule has 1 aliphatic rings. The molecule has 150 valence electrons. The maximum atomic E-state index is 12.2. The van der Waals surface area contributed by atoms with E-state index >= 15 is 0 Å². The minimum absolute atomic E-state index is 0.00744. The van der Waals surface area contributed by atoms with Crippen molar-refractivity contribution in [3.05, 3.63) is 65.3 Å². The van der Waals surface area contributed by atoms with Crippen molar-refractivity contribution in [3.63, 3.8) is 0 Å². The summed E-state index contributed by atoms with van der Waals surface area (Å²) in [4.78, 5) is 23.2. The van der Waals surface area contributed by atoms with E-state index in [2.05, 4.69) is 0 Å². The molecule has 2 rings (SSSR count). The highest BCUT2D eigenvalue weighted by Gasteiger charge is 2.46. The highest BCUT2D eigenvalue weighted by molar-refractivity contribution is 6.44. The zero-order valence-electron chi connectivity index (χ0n) is 16.3. The number of esters is 1. The summed E-state index contributed by atoms with van der Waals surface area (Å²) in [5, 5.41) is 11.1. The van der Waals surface area contributed by atoms with Crippen LogP contribution in [0.2, 0.25) is 0 Å². The second kappa shape index (κ2) is 8.64. The zero-order valence-corrected chi connectivity index (χ0v) is 17.8. The highest BCUT2D eigenvalue weighted by Crippen LogP contribution is 2.44. The Morgan fingerprint density at radius 1 is 1.29 bits per heavy atom. The first-order chi connectivity index (χ1) is 13.0. The number of para-hydroxylation sites is 1. The summed E-state index contributed by atoms with van der Waals surface area (Å²) in [6, 6.07) is 6.76. The predicted molar refractivity (Wildman–Crippen MR) is 112 cm³/mol. The van der Waals surface area contributed by atoms with Gasteiger partial charge in [0.2, 0.25) is 0 Å². The maximum Gasteiger partial charge on any atom is 0.336 e. The normalized spacial score (nSPS) is 22.5. The maximum absolute atomic E-state index is 12.2. The molecule has 0 heterocycles. The second-order valence-corrected chi connectivity index (χ2v) is 8.70. The van der Waals surface area contributed by atoms with Gasteiger partial charge in [-0.15, -0.1) is 0 Å². The van der Waals surface area contributed by atoms with Crippen LogP contribution in [0.1, 0.15) is 44.5 Å². The molecule has 0 aliphatic heterocycles. The van der Waals surface area contributed by atoms with Crippen molar-refractivity contribution in [2.45, 2.75) is 44.6 Å². The largest absolute Gasteiger partial charge is 0.423 e. The molecule has 0 amide bonds. The van der Waals surface area contributed by atoms with E-state index in [9.17, 15) is 14.7 Å². The van der Waals surface area contributed by atoms with Gasteiger partial charge in [0.25, 0.3) is 0 Å². The molecule has 1 N–H and O–H groups in total. The van der Waals surface area contributed by atoms with Gasteiger partial charge in [-0.1, -0.05) is 61.3 Å². The molecule has 0 spiro atoms. The Morgan fingerprint density at radius 2 is 1.93 bits per heavy atom. The van der Waals surface area contributed by atoms with E-state index in [0.717, 1.165) is 0 Å². The first kappa shape index (κ1) is 22.4. The van der Waals surface area contributed by atoms with Crippen LogP contribution in [0.5, 0.6) is 5.75 Å².